The zero-order chi connectivity index (χ0) is 24.4. The van der Waals surface area contributed by atoms with E-state index in [9.17, 15) is 8.78 Å². The van der Waals surface area contributed by atoms with Gasteiger partial charge in [-0.15, -0.1) is 0 Å². The molecule has 0 aliphatic heterocycles. The van der Waals surface area contributed by atoms with E-state index in [1.54, 1.807) is 19.3 Å². The predicted molar refractivity (Wildman–Crippen MR) is 138 cm³/mol. The van der Waals surface area contributed by atoms with Crippen molar-refractivity contribution in [1.29, 1.82) is 0 Å². The molecule has 5 heteroatoms. The molecule has 0 amide bonds. The van der Waals surface area contributed by atoms with Crippen LogP contribution in [0.3, 0.4) is 0 Å². The molecule has 1 aromatic heterocycles. The lowest BCUT2D eigenvalue weighted by molar-refractivity contribution is 0.202. The van der Waals surface area contributed by atoms with Gasteiger partial charge in [-0.3, -0.25) is 0 Å². The number of nitrogens with zero attached hydrogens (tertiary/aromatic N) is 2. The van der Waals surface area contributed by atoms with Crippen molar-refractivity contribution in [1.82, 2.24) is 9.97 Å². The highest BCUT2D eigenvalue weighted by atomic mass is 19.1. The maximum atomic E-state index is 13.8. The number of unbranched alkanes of at least 4 members (excludes halogenated alkanes) is 8. The van der Waals surface area contributed by atoms with Crippen LogP contribution < -0.4 is 4.74 Å². The molecule has 0 aliphatic rings. The SMILES string of the molecule is CCCCCCCCCCCc1ccc(-c2ncc(OCCC(F)CCC(F)CC)cn2)cc1. The van der Waals surface area contributed by atoms with E-state index in [4.69, 9.17) is 4.74 Å². The Labute approximate surface area is 205 Å². The Morgan fingerprint density at radius 3 is 1.94 bits per heavy atom. The second-order valence-corrected chi connectivity index (χ2v) is 9.34. The summed E-state index contributed by atoms with van der Waals surface area (Å²) in [5, 5.41) is 0. The average Bonchev–Trinajstić information content (AvgIpc) is 2.87. The minimum Gasteiger partial charge on any atom is -0.490 e. The predicted octanol–water partition coefficient (Wildman–Crippen LogP) is 8.85. The molecule has 2 atom stereocenters. The van der Waals surface area contributed by atoms with Crippen LogP contribution in [-0.2, 0) is 6.42 Å². The van der Waals surface area contributed by atoms with Crippen LogP contribution in [0.1, 0.15) is 103 Å². The monoisotopic (exact) mass is 474 g/mol. The van der Waals surface area contributed by atoms with E-state index < -0.39 is 12.3 Å². The molecule has 0 spiro atoms. The van der Waals surface area contributed by atoms with Gasteiger partial charge < -0.3 is 4.74 Å². The van der Waals surface area contributed by atoms with Crippen molar-refractivity contribution in [2.75, 3.05) is 6.61 Å². The second kappa shape index (κ2) is 17.4. The third-order valence-corrected chi connectivity index (χ3v) is 6.35. The van der Waals surface area contributed by atoms with E-state index in [0.717, 1.165) is 12.0 Å². The number of benzene rings is 1. The van der Waals surface area contributed by atoms with Crippen molar-refractivity contribution in [2.45, 2.75) is 116 Å². The first-order valence-electron chi connectivity index (χ1n) is 13.4. The number of alkyl halides is 2. The lowest BCUT2D eigenvalue weighted by Gasteiger charge is -2.11. The van der Waals surface area contributed by atoms with E-state index in [1.807, 2.05) is 0 Å². The summed E-state index contributed by atoms with van der Waals surface area (Å²) in [5.41, 5.74) is 2.33. The fourth-order valence-corrected chi connectivity index (χ4v) is 4.01. The van der Waals surface area contributed by atoms with Gasteiger partial charge in [-0.2, -0.15) is 0 Å². The molecule has 0 bridgehead atoms. The summed E-state index contributed by atoms with van der Waals surface area (Å²) in [5.74, 6) is 1.17. The minimum absolute atomic E-state index is 0.237. The Morgan fingerprint density at radius 1 is 0.735 bits per heavy atom. The van der Waals surface area contributed by atoms with Crippen LogP contribution in [0.2, 0.25) is 0 Å². The molecule has 2 rings (SSSR count). The molecule has 0 radical (unpaired) electrons. The Morgan fingerprint density at radius 2 is 1.32 bits per heavy atom. The molecule has 0 saturated carbocycles. The standard InChI is InChI=1S/C29H44F2N2O/c1-3-5-6-7-8-9-10-11-12-13-24-14-16-25(17-15-24)29-32-22-28(23-33-29)34-21-20-27(31)19-18-26(30)4-2/h14-17,22-23,26-27H,3-13,18-21H2,1-2H3. The Bertz CT molecular complexity index is 752. The van der Waals surface area contributed by atoms with Crippen molar-refractivity contribution in [3.63, 3.8) is 0 Å². The second-order valence-electron chi connectivity index (χ2n) is 9.34. The summed E-state index contributed by atoms with van der Waals surface area (Å²) in [6, 6.07) is 8.47. The Balaban J connectivity index is 1.64. The highest BCUT2D eigenvalue weighted by Crippen LogP contribution is 2.19. The van der Waals surface area contributed by atoms with Gasteiger partial charge in [-0.25, -0.2) is 18.7 Å². The first-order chi connectivity index (χ1) is 16.6. The van der Waals surface area contributed by atoms with Gasteiger partial charge in [0.05, 0.1) is 25.2 Å². The quantitative estimate of drug-likeness (QED) is 0.191. The minimum atomic E-state index is -1.04. The lowest BCUT2D eigenvalue weighted by Crippen LogP contribution is -2.10. The molecule has 1 heterocycles. The van der Waals surface area contributed by atoms with Gasteiger partial charge in [-0.05, 0) is 37.7 Å². The van der Waals surface area contributed by atoms with E-state index >= 15 is 0 Å². The Kier molecular flexibility index (Phi) is 14.4. The van der Waals surface area contributed by atoms with Gasteiger partial charge in [-0.1, -0.05) is 89.5 Å². The molecular weight excluding hydrogens is 430 g/mol. The third kappa shape index (κ3) is 11.9. The highest BCUT2D eigenvalue weighted by Gasteiger charge is 2.11. The molecular formula is C29H44F2N2O. The van der Waals surface area contributed by atoms with Gasteiger partial charge in [0, 0.05) is 12.0 Å². The molecule has 34 heavy (non-hydrogen) atoms. The number of hydrogen-bond acceptors (Lipinski definition) is 3. The maximum Gasteiger partial charge on any atom is 0.159 e. The molecule has 0 aliphatic carbocycles. The van der Waals surface area contributed by atoms with Crippen LogP contribution in [0.15, 0.2) is 36.7 Å². The van der Waals surface area contributed by atoms with Gasteiger partial charge in [0.15, 0.2) is 11.6 Å². The molecule has 0 N–H and O–H groups in total. The Hall–Kier alpha value is -2.04. The molecule has 0 saturated heterocycles. The summed E-state index contributed by atoms with van der Waals surface area (Å²) in [4.78, 5) is 8.78. The fourth-order valence-electron chi connectivity index (χ4n) is 4.01. The van der Waals surface area contributed by atoms with Crippen LogP contribution in [0.4, 0.5) is 8.78 Å². The van der Waals surface area contributed by atoms with Crippen molar-refractivity contribution in [2.24, 2.45) is 0 Å². The largest absolute Gasteiger partial charge is 0.490 e. The van der Waals surface area contributed by atoms with Crippen LogP contribution in [-0.4, -0.2) is 28.9 Å². The maximum absolute atomic E-state index is 13.8. The molecule has 1 aromatic carbocycles. The zero-order valence-electron chi connectivity index (χ0n) is 21.3. The molecule has 3 nitrogen and oxygen atoms in total. The van der Waals surface area contributed by atoms with Crippen LogP contribution >= 0.6 is 0 Å². The molecule has 0 fully saturated rings. The number of halogens is 2. The van der Waals surface area contributed by atoms with E-state index in [-0.39, 0.29) is 25.9 Å². The van der Waals surface area contributed by atoms with E-state index in [1.165, 1.54) is 63.4 Å². The van der Waals surface area contributed by atoms with Gasteiger partial charge >= 0.3 is 0 Å². The molecule has 2 unspecified atom stereocenters. The van der Waals surface area contributed by atoms with Gasteiger partial charge in [0.25, 0.3) is 0 Å². The lowest BCUT2D eigenvalue weighted by atomic mass is 10.0. The van der Waals surface area contributed by atoms with Crippen LogP contribution in [0.25, 0.3) is 11.4 Å². The van der Waals surface area contributed by atoms with Crippen LogP contribution in [0, 0.1) is 0 Å². The highest BCUT2D eigenvalue weighted by molar-refractivity contribution is 5.55. The van der Waals surface area contributed by atoms with Gasteiger partial charge in [0.1, 0.15) is 6.17 Å². The van der Waals surface area contributed by atoms with E-state index in [0.29, 0.717) is 18.0 Å². The molecule has 2 aromatic rings. The van der Waals surface area contributed by atoms with Gasteiger partial charge in [0.2, 0.25) is 0 Å². The fraction of sp³-hybridized carbons (Fsp3) is 0.655. The number of ether oxygens (including phenoxy) is 1. The topological polar surface area (TPSA) is 35.0 Å². The average molecular weight is 475 g/mol. The van der Waals surface area contributed by atoms with Crippen LogP contribution in [0.5, 0.6) is 5.75 Å². The number of rotatable bonds is 19. The smallest absolute Gasteiger partial charge is 0.159 e. The van der Waals surface area contributed by atoms with Crippen molar-refractivity contribution in [3.05, 3.63) is 42.2 Å². The van der Waals surface area contributed by atoms with Crippen molar-refractivity contribution < 1.29 is 13.5 Å². The summed E-state index contributed by atoms with van der Waals surface area (Å²) in [6.07, 6.45) is 15.7. The number of aryl methyl sites for hydroxylation is 1. The number of hydrogen-bond donors (Lipinski definition) is 0. The first-order valence-corrected chi connectivity index (χ1v) is 13.4. The first kappa shape index (κ1) is 28.2. The van der Waals surface area contributed by atoms with Crippen molar-refractivity contribution >= 4 is 0 Å². The summed E-state index contributed by atoms with van der Waals surface area (Å²) < 4.78 is 32.6. The zero-order valence-corrected chi connectivity index (χ0v) is 21.3. The summed E-state index contributed by atoms with van der Waals surface area (Å²) in [6.45, 7) is 4.27. The van der Waals surface area contributed by atoms with Crippen molar-refractivity contribution in [3.8, 4) is 17.1 Å². The normalized spacial score (nSPS) is 13.1. The van der Waals surface area contributed by atoms with E-state index in [2.05, 4.69) is 41.2 Å². The summed E-state index contributed by atoms with van der Waals surface area (Å²) in [7, 11) is 0. The summed E-state index contributed by atoms with van der Waals surface area (Å²) >= 11 is 0. The third-order valence-electron chi connectivity index (χ3n) is 6.35. The molecule has 190 valence electrons. The number of aromatic nitrogens is 2.